The molecule has 0 saturated carbocycles. The lowest BCUT2D eigenvalue weighted by atomic mass is 9.96. The number of benzene rings is 1. The molecule has 27 heavy (non-hydrogen) atoms. The summed E-state index contributed by atoms with van der Waals surface area (Å²) in [6.07, 6.45) is 2.90. The summed E-state index contributed by atoms with van der Waals surface area (Å²) in [7, 11) is 3.48. The van der Waals surface area contributed by atoms with E-state index in [1.165, 1.54) is 0 Å². The van der Waals surface area contributed by atoms with Gasteiger partial charge < -0.3 is 20.0 Å². The van der Waals surface area contributed by atoms with E-state index in [1.54, 1.807) is 23.9 Å². The first-order valence-electron chi connectivity index (χ1n) is 9.58. The summed E-state index contributed by atoms with van der Waals surface area (Å²) in [4.78, 5) is 41.6. The van der Waals surface area contributed by atoms with Gasteiger partial charge in [0, 0.05) is 58.3 Å². The Bertz CT molecular complexity index is 711. The molecular weight excluding hydrogens is 344 g/mol. The van der Waals surface area contributed by atoms with E-state index in [2.05, 4.69) is 5.32 Å². The molecule has 2 fully saturated rings. The van der Waals surface area contributed by atoms with Crippen LogP contribution in [0.1, 0.15) is 31.2 Å². The molecular formula is C20H28N4O3. The number of hydrogen-bond acceptors (Lipinski definition) is 3. The summed E-state index contributed by atoms with van der Waals surface area (Å²) in [6, 6.07) is 7.70. The monoisotopic (exact) mass is 372 g/mol. The highest BCUT2D eigenvalue weighted by molar-refractivity contribution is 5.92. The van der Waals surface area contributed by atoms with Crippen LogP contribution in [0, 0.1) is 5.92 Å². The second-order valence-electron chi connectivity index (χ2n) is 7.55. The van der Waals surface area contributed by atoms with Crippen molar-refractivity contribution in [1.82, 2.24) is 14.7 Å². The van der Waals surface area contributed by atoms with Crippen LogP contribution in [0.2, 0.25) is 0 Å². The molecule has 4 amide bonds. The molecule has 7 nitrogen and oxygen atoms in total. The third kappa shape index (κ3) is 4.78. The fraction of sp³-hybridized carbons (Fsp3) is 0.550. The normalized spacial score (nSPS) is 17.9. The van der Waals surface area contributed by atoms with Crippen LogP contribution in [0.25, 0.3) is 0 Å². The van der Waals surface area contributed by atoms with Crippen molar-refractivity contribution in [2.24, 2.45) is 5.92 Å². The number of piperidine rings is 1. The van der Waals surface area contributed by atoms with Gasteiger partial charge in [0.05, 0.1) is 0 Å². The van der Waals surface area contributed by atoms with Crippen molar-refractivity contribution < 1.29 is 14.4 Å². The molecule has 2 aliphatic heterocycles. The van der Waals surface area contributed by atoms with E-state index in [-0.39, 0.29) is 23.8 Å². The molecule has 0 atom stereocenters. The van der Waals surface area contributed by atoms with E-state index in [0.717, 1.165) is 24.2 Å². The molecule has 0 aromatic heterocycles. The Morgan fingerprint density at radius 1 is 1.19 bits per heavy atom. The summed E-state index contributed by atoms with van der Waals surface area (Å²) in [5.41, 5.74) is 1.78. The minimum Gasteiger partial charge on any atom is -0.338 e. The quantitative estimate of drug-likeness (QED) is 0.880. The number of hydrogen-bond donors (Lipinski definition) is 1. The van der Waals surface area contributed by atoms with E-state index in [1.807, 2.05) is 29.2 Å². The average molecular weight is 372 g/mol. The topological polar surface area (TPSA) is 73.0 Å². The van der Waals surface area contributed by atoms with E-state index in [4.69, 9.17) is 0 Å². The zero-order valence-electron chi connectivity index (χ0n) is 16.1. The molecule has 0 spiro atoms. The van der Waals surface area contributed by atoms with Crippen LogP contribution < -0.4 is 5.32 Å². The number of nitrogens with zero attached hydrogens (tertiary/aromatic N) is 3. The third-order valence-corrected chi connectivity index (χ3v) is 5.26. The summed E-state index contributed by atoms with van der Waals surface area (Å²) in [6.45, 7) is 2.60. The summed E-state index contributed by atoms with van der Waals surface area (Å²) in [5, 5.41) is 3.00. The maximum Gasteiger partial charge on any atom is 0.319 e. The lowest BCUT2D eigenvalue weighted by Gasteiger charge is -2.33. The minimum atomic E-state index is -0.0833. The largest absolute Gasteiger partial charge is 0.338 e. The molecule has 3 rings (SSSR count). The van der Waals surface area contributed by atoms with E-state index >= 15 is 0 Å². The third-order valence-electron chi connectivity index (χ3n) is 5.26. The fourth-order valence-corrected chi connectivity index (χ4v) is 3.70. The van der Waals surface area contributed by atoms with Crippen molar-refractivity contribution in [3.63, 3.8) is 0 Å². The molecule has 2 saturated heterocycles. The smallest absolute Gasteiger partial charge is 0.319 e. The number of carbonyl (C=O) groups excluding carboxylic acids is 3. The van der Waals surface area contributed by atoms with Crippen molar-refractivity contribution in [3.05, 3.63) is 29.8 Å². The minimum absolute atomic E-state index is 0.00125. The Hall–Kier alpha value is -2.57. The highest BCUT2D eigenvalue weighted by Crippen LogP contribution is 2.21. The van der Waals surface area contributed by atoms with Crippen LogP contribution >= 0.6 is 0 Å². The number of likely N-dealkylation sites (tertiary alicyclic amines) is 2. The number of nitrogens with one attached hydrogen (secondary N) is 1. The van der Waals surface area contributed by atoms with Crippen LogP contribution in [0.3, 0.4) is 0 Å². The van der Waals surface area contributed by atoms with Gasteiger partial charge in [-0.1, -0.05) is 12.1 Å². The summed E-state index contributed by atoms with van der Waals surface area (Å²) >= 11 is 0. The molecule has 1 aromatic carbocycles. The van der Waals surface area contributed by atoms with Gasteiger partial charge in [0.2, 0.25) is 11.8 Å². The molecule has 146 valence electrons. The van der Waals surface area contributed by atoms with Crippen LogP contribution in [0.5, 0.6) is 0 Å². The van der Waals surface area contributed by atoms with Crippen molar-refractivity contribution in [1.29, 1.82) is 0 Å². The van der Waals surface area contributed by atoms with Crippen LogP contribution in [0.4, 0.5) is 10.5 Å². The number of anilines is 1. The van der Waals surface area contributed by atoms with Crippen molar-refractivity contribution in [3.8, 4) is 0 Å². The molecule has 7 heteroatoms. The number of rotatable bonds is 4. The Kier molecular flexibility index (Phi) is 5.98. The molecule has 0 unspecified atom stereocenters. The Morgan fingerprint density at radius 2 is 1.93 bits per heavy atom. The molecule has 0 aliphatic carbocycles. The average Bonchev–Trinajstić information content (AvgIpc) is 3.06. The second-order valence-corrected chi connectivity index (χ2v) is 7.55. The summed E-state index contributed by atoms with van der Waals surface area (Å²) < 4.78 is 0. The Morgan fingerprint density at radius 3 is 2.56 bits per heavy atom. The fourth-order valence-electron chi connectivity index (χ4n) is 3.70. The van der Waals surface area contributed by atoms with Gasteiger partial charge in [-0.15, -0.1) is 0 Å². The number of carbonyl (C=O) groups is 3. The van der Waals surface area contributed by atoms with Crippen LogP contribution in [-0.4, -0.2) is 66.3 Å². The first-order valence-corrected chi connectivity index (χ1v) is 9.58. The molecule has 2 heterocycles. The van der Waals surface area contributed by atoms with E-state index in [0.29, 0.717) is 38.9 Å². The molecule has 2 aliphatic rings. The zero-order chi connectivity index (χ0) is 19.4. The highest BCUT2D eigenvalue weighted by Gasteiger charge is 2.28. The van der Waals surface area contributed by atoms with Crippen molar-refractivity contribution in [2.75, 3.05) is 39.0 Å². The Labute approximate surface area is 160 Å². The van der Waals surface area contributed by atoms with Crippen LogP contribution in [0.15, 0.2) is 24.3 Å². The van der Waals surface area contributed by atoms with Crippen molar-refractivity contribution in [2.45, 2.75) is 32.2 Å². The first kappa shape index (κ1) is 19.2. The maximum absolute atomic E-state index is 12.6. The summed E-state index contributed by atoms with van der Waals surface area (Å²) in [5.74, 6) is 0.116. The molecule has 1 aromatic rings. The lowest BCUT2D eigenvalue weighted by Crippen LogP contribution is -2.45. The standard InChI is InChI=1S/C20H28N4O3/c1-22(2)20(27)23-11-8-16(9-12-23)19(26)21-17-6-3-5-15(13-17)14-24-10-4-7-18(24)25/h3,5-6,13,16H,4,7-12,14H2,1-2H3,(H,21,26). The lowest BCUT2D eigenvalue weighted by molar-refractivity contribution is -0.128. The highest BCUT2D eigenvalue weighted by atomic mass is 16.2. The van der Waals surface area contributed by atoms with Crippen LogP contribution in [-0.2, 0) is 16.1 Å². The second kappa shape index (κ2) is 8.41. The predicted octanol–water partition coefficient (Wildman–Crippen LogP) is 2.14. The molecule has 1 N–H and O–H groups in total. The van der Waals surface area contributed by atoms with Gasteiger partial charge in [0.15, 0.2) is 0 Å². The van der Waals surface area contributed by atoms with E-state index in [9.17, 15) is 14.4 Å². The zero-order valence-corrected chi connectivity index (χ0v) is 16.1. The van der Waals surface area contributed by atoms with Gasteiger partial charge >= 0.3 is 6.03 Å². The van der Waals surface area contributed by atoms with Gasteiger partial charge in [-0.3, -0.25) is 9.59 Å². The van der Waals surface area contributed by atoms with Gasteiger partial charge in [-0.05, 0) is 37.0 Å². The van der Waals surface area contributed by atoms with E-state index < -0.39 is 0 Å². The maximum atomic E-state index is 12.6. The number of amides is 4. The SMILES string of the molecule is CN(C)C(=O)N1CCC(C(=O)Nc2cccc(CN3CCCC3=O)c2)CC1. The van der Waals surface area contributed by atoms with Gasteiger partial charge in [0.1, 0.15) is 0 Å². The number of urea groups is 1. The predicted molar refractivity (Wildman–Crippen MR) is 103 cm³/mol. The Balaban J connectivity index is 1.53. The van der Waals surface area contributed by atoms with Crippen molar-refractivity contribution >= 4 is 23.5 Å². The first-order chi connectivity index (χ1) is 12.9. The van der Waals surface area contributed by atoms with Gasteiger partial charge in [-0.25, -0.2) is 4.79 Å². The molecule has 0 bridgehead atoms. The molecule has 0 radical (unpaired) electrons. The van der Waals surface area contributed by atoms with Gasteiger partial charge in [-0.2, -0.15) is 0 Å². The van der Waals surface area contributed by atoms with Gasteiger partial charge in [0.25, 0.3) is 0 Å².